The first kappa shape index (κ1) is 14.5. The van der Waals surface area contributed by atoms with Crippen molar-refractivity contribution in [1.29, 1.82) is 0 Å². The first-order chi connectivity index (χ1) is 9.02. The summed E-state index contributed by atoms with van der Waals surface area (Å²) in [7, 11) is 1.82. The third kappa shape index (κ3) is 3.00. The number of aliphatic hydroxyl groups is 1. The number of carbonyl (C=O) groups is 1. The topological polar surface area (TPSA) is 40.5 Å². The molecular weight excluding hydrogens is 306 g/mol. The number of benzene rings is 1. The van der Waals surface area contributed by atoms with E-state index < -0.39 is 6.10 Å². The van der Waals surface area contributed by atoms with Crippen molar-refractivity contribution in [2.45, 2.75) is 38.3 Å². The van der Waals surface area contributed by atoms with E-state index in [0.29, 0.717) is 0 Å². The lowest BCUT2D eigenvalue weighted by Gasteiger charge is -2.29. The van der Waals surface area contributed by atoms with Crippen molar-refractivity contribution in [2.75, 3.05) is 7.05 Å². The lowest BCUT2D eigenvalue weighted by molar-refractivity contribution is -0.138. The highest BCUT2D eigenvalue weighted by Crippen LogP contribution is 2.31. The molecule has 0 aromatic heterocycles. The Bertz CT molecular complexity index is 463. The zero-order valence-corrected chi connectivity index (χ0v) is 12.9. The summed E-state index contributed by atoms with van der Waals surface area (Å²) in [4.78, 5) is 14.2. The van der Waals surface area contributed by atoms with Crippen LogP contribution >= 0.6 is 15.9 Å². The van der Waals surface area contributed by atoms with Gasteiger partial charge in [-0.3, -0.25) is 4.79 Å². The van der Waals surface area contributed by atoms with Crippen LogP contribution in [0.5, 0.6) is 0 Å². The number of aliphatic hydroxyl groups excluding tert-OH is 1. The number of hydrogen-bond donors (Lipinski definition) is 1. The average molecular weight is 326 g/mol. The normalized spacial score (nSPS) is 24.2. The summed E-state index contributed by atoms with van der Waals surface area (Å²) in [5.41, 5.74) is 1.09. The molecule has 0 aliphatic heterocycles. The fourth-order valence-electron chi connectivity index (χ4n) is 2.70. The van der Waals surface area contributed by atoms with Gasteiger partial charge in [-0.1, -0.05) is 34.1 Å². The summed E-state index contributed by atoms with van der Waals surface area (Å²) >= 11 is 3.52. The van der Waals surface area contributed by atoms with Gasteiger partial charge in [0.05, 0.1) is 18.1 Å². The van der Waals surface area contributed by atoms with Crippen LogP contribution in [0.2, 0.25) is 0 Å². The minimum atomic E-state index is -0.471. The number of carbonyl (C=O) groups excluding carboxylic acids is 1. The highest BCUT2D eigenvalue weighted by molar-refractivity contribution is 9.10. The summed E-state index contributed by atoms with van der Waals surface area (Å²) < 4.78 is 1.01. The predicted molar refractivity (Wildman–Crippen MR) is 78.7 cm³/mol. The third-order valence-electron chi connectivity index (χ3n) is 4.08. The Morgan fingerprint density at radius 3 is 2.68 bits per heavy atom. The van der Waals surface area contributed by atoms with Crippen LogP contribution in [0, 0.1) is 5.92 Å². The fourth-order valence-corrected chi connectivity index (χ4v) is 3.32. The zero-order chi connectivity index (χ0) is 14.0. The molecule has 0 radical (unpaired) electrons. The second-order valence-corrected chi connectivity index (χ2v) is 6.11. The molecule has 1 aliphatic rings. The molecule has 0 saturated heterocycles. The Morgan fingerprint density at radius 2 is 2.11 bits per heavy atom. The largest absolute Gasteiger partial charge is 0.392 e. The first-order valence-corrected chi connectivity index (χ1v) is 7.51. The number of nitrogens with zero attached hydrogens (tertiary/aromatic N) is 1. The highest BCUT2D eigenvalue weighted by atomic mass is 79.9. The molecular formula is C15H20BrNO2. The van der Waals surface area contributed by atoms with Crippen molar-refractivity contribution in [3.8, 4) is 0 Å². The molecule has 3 unspecified atom stereocenters. The monoisotopic (exact) mass is 325 g/mol. The Balaban J connectivity index is 2.13. The van der Waals surface area contributed by atoms with Gasteiger partial charge in [0.15, 0.2) is 0 Å². The number of rotatable bonds is 3. The third-order valence-corrected chi connectivity index (χ3v) is 4.80. The molecule has 1 aromatic carbocycles. The van der Waals surface area contributed by atoms with Gasteiger partial charge in [0, 0.05) is 11.5 Å². The lowest BCUT2D eigenvalue weighted by Crippen LogP contribution is -2.38. The van der Waals surface area contributed by atoms with E-state index in [2.05, 4.69) is 15.9 Å². The van der Waals surface area contributed by atoms with Crippen molar-refractivity contribution in [1.82, 2.24) is 4.90 Å². The van der Waals surface area contributed by atoms with Crippen LogP contribution in [-0.4, -0.2) is 29.1 Å². The van der Waals surface area contributed by atoms with Crippen molar-refractivity contribution in [3.05, 3.63) is 34.3 Å². The predicted octanol–water partition coefficient (Wildman–Crippen LogP) is 3.13. The summed E-state index contributed by atoms with van der Waals surface area (Å²) in [6.07, 6.45) is 2.01. The highest BCUT2D eigenvalue weighted by Gasteiger charge is 2.34. The van der Waals surface area contributed by atoms with Gasteiger partial charge in [0.25, 0.3) is 0 Å². The van der Waals surface area contributed by atoms with Crippen LogP contribution in [0.25, 0.3) is 0 Å². The SMILES string of the molecule is CC(c1ccccc1Br)N(C)C(=O)C1CCCC1O. The van der Waals surface area contributed by atoms with Gasteiger partial charge in [0.2, 0.25) is 5.91 Å². The molecule has 0 heterocycles. The molecule has 3 atom stereocenters. The number of halogens is 1. The average Bonchev–Trinajstić information content (AvgIpc) is 2.83. The smallest absolute Gasteiger partial charge is 0.228 e. The van der Waals surface area contributed by atoms with Crippen molar-refractivity contribution in [2.24, 2.45) is 5.92 Å². The van der Waals surface area contributed by atoms with Crippen LogP contribution in [0.3, 0.4) is 0 Å². The van der Waals surface area contributed by atoms with Gasteiger partial charge in [-0.05, 0) is 37.8 Å². The summed E-state index contributed by atoms with van der Waals surface area (Å²) in [6, 6.07) is 7.93. The Hall–Kier alpha value is -0.870. The van der Waals surface area contributed by atoms with Gasteiger partial charge < -0.3 is 10.0 Å². The van der Waals surface area contributed by atoms with Crippen LogP contribution in [0.1, 0.15) is 37.8 Å². The van der Waals surface area contributed by atoms with Gasteiger partial charge in [-0.2, -0.15) is 0 Å². The molecule has 104 valence electrons. The Kier molecular flexibility index (Phi) is 4.63. The van der Waals surface area contributed by atoms with Crippen LogP contribution in [-0.2, 0) is 4.79 Å². The van der Waals surface area contributed by atoms with E-state index in [4.69, 9.17) is 0 Å². The van der Waals surface area contributed by atoms with Gasteiger partial charge >= 0.3 is 0 Å². The van der Waals surface area contributed by atoms with E-state index >= 15 is 0 Å². The van der Waals surface area contributed by atoms with Crippen LogP contribution in [0.15, 0.2) is 28.7 Å². The maximum Gasteiger partial charge on any atom is 0.228 e. The van der Waals surface area contributed by atoms with Crippen LogP contribution in [0.4, 0.5) is 0 Å². The summed E-state index contributed by atoms with van der Waals surface area (Å²) in [5, 5.41) is 9.86. The molecule has 1 aromatic rings. The molecule has 19 heavy (non-hydrogen) atoms. The Labute approximate surface area is 122 Å². The van der Waals surface area contributed by atoms with E-state index in [1.54, 1.807) is 4.90 Å². The molecule has 1 saturated carbocycles. The molecule has 1 aliphatic carbocycles. The Morgan fingerprint density at radius 1 is 1.42 bits per heavy atom. The second-order valence-electron chi connectivity index (χ2n) is 5.25. The molecule has 1 N–H and O–H groups in total. The lowest BCUT2D eigenvalue weighted by atomic mass is 10.0. The first-order valence-electron chi connectivity index (χ1n) is 6.71. The summed E-state index contributed by atoms with van der Waals surface area (Å²) in [6.45, 7) is 2.01. The van der Waals surface area contributed by atoms with Crippen LogP contribution < -0.4 is 0 Å². The molecule has 4 heteroatoms. The van der Waals surface area contributed by atoms with Crippen molar-refractivity contribution in [3.63, 3.8) is 0 Å². The molecule has 1 fully saturated rings. The van der Waals surface area contributed by atoms with Gasteiger partial charge in [-0.15, -0.1) is 0 Å². The molecule has 2 rings (SSSR count). The maximum atomic E-state index is 12.4. The minimum absolute atomic E-state index is 0.00382. The van der Waals surface area contributed by atoms with Crippen molar-refractivity contribution >= 4 is 21.8 Å². The maximum absolute atomic E-state index is 12.4. The fraction of sp³-hybridized carbons (Fsp3) is 0.533. The standard InChI is InChI=1S/C15H20BrNO2/c1-10(11-6-3-4-8-13(11)16)17(2)15(19)12-7-5-9-14(12)18/h3-4,6,8,10,12,14,18H,5,7,9H2,1-2H3. The minimum Gasteiger partial charge on any atom is -0.392 e. The van der Waals surface area contributed by atoms with E-state index in [0.717, 1.165) is 29.3 Å². The van der Waals surface area contributed by atoms with Crippen molar-refractivity contribution < 1.29 is 9.90 Å². The van der Waals surface area contributed by atoms with E-state index in [-0.39, 0.29) is 17.9 Å². The molecule has 0 spiro atoms. The molecule has 1 amide bonds. The van der Waals surface area contributed by atoms with Gasteiger partial charge in [0.1, 0.15) is 0 Å². The second kappa shape index (κ2) is 6.06. The zero-order valence-electron chi connectivity index (χ0n) is 11.3. The quantitative estimate of drug-likeness (QED) is 0.927. The molecule has 0 bridgehead atoms. The number of hydrogen-bond acceptors (Lipinski definition) is 2. The number of amides is 1. The van der Waals surface area contributed by atoms with E-state index in [9.17, 15) is 9.90 Å². The molecule has 3 nitrogen and oxygen atoms in total. The van der Waals surface area contributed by atoms with Gasteiger partial charge in [-0.25, -0.2) is 0 Å². The van der Waals surface area contributed by atoms with E-state index in [1.165, 1.54) is 0 Å². The summed E-state index contributed by atoms with van der Waals surface area (Å²) in [5.74, 6) is -0.178. The van der Waals surface area contributed by atoms with E-state index in [1.807, 2.05) is 38.2 Å².